The van der Waals surface area contributed by atoms with Gasteiger partial charge in [-0.3, -0.25) is 0 Å². The van der Waals surface area contributed by atoms with Gasteiger partial charge < -0.3 is 15.3 Å². The number of rotatable bonds is 3. The molecule has 1 heterocycles. The lowest BCUT2D eigenvalue weighted by molar-refractivity contribution is 0.200. The Morgan fingerprint density at radius 2 is 2.24 bits per heavy atom. The van der Waals surface area contributed by atoms with Gasteiger partial charge in [0, 0.05) is 24.8 Å². The van der Waals surface area contributed by atoms with Crippen LogP contribution in [0.1, 0.15) is 31.4 Å². The third-order valence-corrected chi connectivity index (χ3v) is 3.41. The number of nitrogens with one attached hydrogen (secondary N) is 1. The van der Waals surface area contributed by atoms with E-state index < -0.39 is 0 Å². The van der Waals surface area contributed by atoms with E-state index in [0.29, 0.717) is 12.6 Å². The molecule has 0 spiro atoms. The number of hydrogen-bond donors (Lipinski definition) is 2. The minimum Gasteiger partial charge on any atom is -0.392 e. The van der Waals surface area contributed by atoms with Crippen LogP contribution in [0.15, 0.2) is 24.3 Å². The number of aliphatic hydroxyl groups is 1. The van der Waals surface area contributed by atoms with Gasteiger partial charge in [0.05, 0.1) is 6.10 Å². The first kappa shape index (κ1) is 12.4. The van der Waals surface area contributed by atoms with Crippen molar-refractivity contribution in [2.24, 2.45) is 0 Å². The van der Waals surface area contributed by atoms with E-state index in [9.17, 15) is 5.11 Å². The molecule has 0 radical (unpaired) electrons. The maximum atomic E-state index is 9.59. The van der Waals surface area contributed by atoms with Crippen molar-refractivity contribution in [1.29, 1.82) is 0 Å². The highest BCUT2D eigenvalue weighted by molar-refractivity contribution is 5.55. The molecular formula is C14H22N2O. The van der Waals surface area contributed by atoms with Crippen LogP contribution in [-0.4, -0.2) is 31.3 Å². The molecule has 1 aliphatic rings. The Morgan fingerprint density at radius 1 is 1.47 bits per heavy atom. The largest absolute Gasteiger partial charge is 0.392 e. The molecule has 0 bridgehead atoms. The summed E-state index contributed by atoms with van der Waals surface area (Å²) in [6, 6.07) is 8.95. The molecule has 2 atom stereocenters. The summed E-state index contributed by atoms with van der Waals surface area (Å²) in [5, 5.41) is 13.0. The summed E-state index contributed by atoms with van der Waals surface area (Å²) in [5.74, 6) is 0. The maximum Gasteiger partial charge on any atom is 0.0687 e. The molecule has 17 heavy (non-hydrogen) atoms. The second-order valence-corrected chi connectivity index (χ2v) is 4.84. The van der Waals surface area contributed by atoms with Crippen LogP contribution in [0, 0.1) is 0 Å². The molecule has 3 nitrogen and oxygen atoms in total. The minimum absolute atomic E-state index is 0.283. The van der Waals surface area contributed by atoms with Crippen LogP contribution in [0.5, 0.6) is 0 Å². The first-order valence-corrected chi connectivity index (χ1v) is 6.41. The Morgan fingerprint density at radius 3 is 2.94 bits per heavy atom. The van der Waals surface area contributed by atoms with Crippen LogP contribution in [-0.2, 0) is 0 Å². The van der Waals surface area contributed by atoms with Gasteiger partial charge in [0.25, 0.3) is 0 Å². The first-order chi connectivity index (χ1) is 8.22. The number of aliphatic hydroxyl groups excluding tert-OH is 1. The Kier molecular flexibility index (Phi) is 4.02. The van der Waals surface area contributed by atoms with Gasteiger partial charge in [-0.2, -0.15) is 0 Å². The Bertz CT molecular complexity index is 365. The number of para-hydroxylation sites is 1. The van der Waals surface area contributed by atoms with Crippen molar-refractivity contribution in [1.82, 2.24) is 5.32 Å². The van der Waals surface area contributed by atoms with Crippen molar-refractivity contribution < 1.29 is 5.11 Å². The number of nitrogens with zero attached hydrogens (tertiary/aromatic N) is 1. The van der Waals surface area contributed by atoms with Gasteiger partial charge >= 0.3 is 0 Å². The van der Waals surface area contributed by atoms with E-state index in [2.05, 4.69) is 34.5 Å². The van der Waals surface area contributed by atoms with Crippen molar-refractivity contribution in [2.45, 2.75) is 31.9 Å². The van der Waals surface area contributed by atoms with Crippen LogP contribution < -0.4 is 10.2 Å². The van der Waals surface area contributed by atoms with Gasteiger partial charge in [-0.25, -0.2) is 0 Å². The summed E-state index contributed by atoms with van der Waals surface area (Å²) >= 11 is 0. The summed E-state index contributed by atoms with van der Waals surface area (Å²) in [7, 11) is 2.02. The summed E-state index contributed by atoms with van der Waals surface area (Å²) in [4.78, 5) is 2.30. The molecule has 2 unspecified atom stereocenters. The van der Waals surface area contributed by atoms with Gasteiger partial charge in [-0.15, -0.1) is 0 Å². The molecule has 0 aliphatic carbocycles. The molecule has 0 aromatic heterocycles. The lowest BCUT2D eigenvalue weighted by Gasteiger charge is -2.26. The fourth-order valence-electron chi connectivity index (χ4n) is 2.64. The molecule has 94 valence electrons. The second-order valence-electron chi connectivity index (χ2n) is 4.84. The average Bonchev–Trinajstić information content (AvgIpc) is 2.49. The highest BCUT2D eigenvalue weighted by Crippen LogP contribution is 2.32. The fourth-order valence-corrected chi connectivity index (χ4v) is 2.64. The smallest absolute Gasteiger partial charge is 0.0687 e. The van der Waals surface area contributed by atoms with Crippen LogP contribution in [0.4, 0.5) is 5.69 Å². The summed E-state index contributed by atoms with van der Waals surface area (Å²) in [6.45, 7) is 3.59. The third-order valence-electron chi connectivity index (χ3n) is 3.41. The van der Waals surface area contributed by atoms with Gasteiger partial charge in [0.2, 0.25) is 0 Å². The lowest BCUT2D eigenvalue weighted by atomic mass is 10.0. The van der Waals surface area contributed by atoms with Crippen LogP contribution in [0.2, 0.25) is 0 Å². The van der Waals surface area contributed by atoms with Crippen molar-refractivity contribution >= 4 is 5.69 Å². The van der Waals surface area contributed by atoms with Crippen molar-refractivity contribution in [3.05, 3.63) is 29.8 Å². The number of hydrogen-bond acceptors (Lipinski definition) is 3. The lowest BCUT2D eigenvalue weighted by Crippen LogP contribution is -2.31. The summed E-state index contributed by atoms with van der Waals surface area (Å²) in [6.07, 6.45) is 2.03. The van der Waals surface area contributed by atoms with Crippen molar-refractivity contribution in [3.8, 4) is 0 Å². The van der Waals surface area contributed by atoms with Gasteiger partial charge in [-0.05, 0) is 38.4 Å². The van der Waals surface area contributed by atoms with E-state index in [4.69, 9.17) is 0 Å². The number of anilines is 1. The van der Waals surface area contributed by atoms with E-state index in [-0.39, 0.29) is 6.10 Å². The van der Waals surface area contributed by atoms with Crippen LogP contribution in [0.3, 0.4) is 0 Å². The number of fused-ring (bicyclic) bond motifs is 1. The maximum absolute atomic E-state index is 9.59. The standard InChI is InChI=1S/C14H22N2O/c1-11(17)10-16-9-5-7-13(15-2)12-6-3-4-8-14(12)16/h3-4,6,8,11,13,15,17H,5,7,9-10H2,1-2H3. The zero-order valence-corrected chi connectivity index (χ0v) is 10.7. The molecule has 2 rings (SSSR count). The highest BCUT2D eigenvalue weighted by atomic mass is 16.3. The molecule has 2 N–H and O–H groups in total. The van der Waals surface area contributed by atoms with Gasteiger partial charge in [0.15, 0.2) is 0 Å². The number of benzene rings is 1. The molecule has 1 aromatic rings. The van der Waals surface area contributed by atoms with Crippen LogP contribution >= 0.6 is 0 Å². The molecule has 0 saturated heterocycles. The predicted molar refractivity (Wildman–Crippen MR) is 71.4 cm³/mol. The topological polar surface area (TPSA) is 35.5 Å². The van der Waals surface area contributed by atoms with Gasteiger partial charge in [-0.1, -0.05) is 18.2 Å². The Hall–Kier alpha value is -1.06. The number of β-amino-alcohol motifs (C(OH)–C–C–N with tert-alkyl or cyclic N) is 1. The van der Waals surface area contributed by atoms with E-state index in [0.717, 1.165) is 19.4 Å². The van der Waals surface area contributed by atoms with Crippen molar-refractivity contribution in [3.63, 3.8) is 0 Å². The quantitative estimate of drug-likeness (QED) is 0.839. The SMILES string of the molecule is CNC1CCCN(CC(C)O)c2ccccc21. The molecule has 0 fully saturated rings. The third kappa shape index (κ3) is 2.79. The monoisotopic (exact) mass is 234 g/mol. The summed E-state index contributed by atoms with van der Waals surface area (Å²) in [5.41, 5.74) is 2.62. The second kappa shape index (κ2) is 5.52. The van der Waals surface area contributed by atoms with Gasteiger partial charge in [0.1, 0.15) is 0 Å². The van der Waals surface area contributed by atoms with E-state index in [1.807, 2.05) is 14.0 Å². The average molecular weight is 234 g/mol. The zero-order chi connectivity index (χ0) is 12.3. The van der Waals surface area contributed by atoms with E-state index in [1.165, 1.54) is 11.3 Å². The minimum atomic E-state index is -0.283. The molecule has 1 aromatic carbocycles. The summed E-state index contributed by atoms with van der Waals surface area (Å²) < 4.78 is 0. The van der Waals surface area contributed by atoms with E-state index >= 15 is 0 Å². The highest BCUT2D eigenvalue weighted by Gasteiger charge is 2.21. The fraction of sp³-hybridized carbons (Fsp3) is 0.571. The Balaban J connectivity index is 2.32. The van der Waals surface area contributed by atoms with Crippen molar-refractivity contribution in [2.75, 3.05) is 25.0 Å². The Labute approximate surface area is 103 Å². The predicted octanol–water partition coefficient (Wildman–Crippen LogP) is 1.93. The molecule has 0 amide bonds. The van der Waals surface area contributed by atoms with Crippen LogP contribution in [0.25, 0.3) is 0 Å². The normalized spacial score (nSPS) is 21.8. The molecule has 3 heteroatoms. The first-order valence-electron chi connectivity index (χ1n) is 6.41. The van der Waals surface area contributed by atoms with E-state index in [1.54, 1.807) is 0 Å². The molecule has 0 saturated carbocycles. The molecular weight excluding hydrogens is 212 g/mol. The molecule has 1 aliphatic heterocycles. The zero-order valence-electron chi connectivity index (χ0n) is 10.7.